The van der Waals surface area contributed by atoms with Crippen molar-refractivity contribution in [1.82, 2.24) is 0 Å². The molecule has 1 unspecified atom stereocenters. The van der Waals surface area contributed by atoms with Crippen LogP contribution in [0.3, 0.4) is 0 Å². The zero-order valence-electron chi connectivity index (χ0n) is 23.7. The number of carbonyl (C=O) groups is 1. The molecule has 202 valence electrons. The Morgan fingerprint density at radius 2 is 1.49 bits per heavy atom. The molecule has 0 aliphatic carbocycles. The molecular weight excluding hydrogens is 539 g/mol. The monoisotopic (exact) mass is 596 g/mol. The van der Waals surface area contributed by atoms with Crippen molar-refractivity contribution in [2.75, 3.05) is 6.61 Å². The van der Waals surface area contributed by atoms with Gasteiger partial charge in [0.1, 0.15) is 0 Å². The molecule has 35 heavy (non-hydrogen) atoms. The van der Waals surface area contributed by atoms with Crippen LogP contribution in [0.15, 0.2) is 34.0 Å². The summed E-state index contributed by atoms with van der Waals surface area (Å²) in [6.07, 6.45) is 27.9. The molecule has 0 amide bonds. The first-order chi connectivity index (χ1) is 17.0. The van der Waals surface area contributed by atoms with Gasteiger partial charge in [0, 0.05) is 0 Å². The molecule has 0 spiro atoms. The Labute approximate surface area is 228 Å². The maximum absolute atomic E-state index is 12.0. The second kappa shape index (κ2) is 23.8. The van der Waals surface area contributed by atoms with Gasteiger partial charge in [-0.15, -0.1) is 0 Å². The molecule has 0 fully saturated rings. The van der Waals surface area contributed by atoms with Crippen molar-refractivity contribution in [3.8, 4) is 0 Å². The molecule has 0 heterocycles. The summed E-state index contributed by atoms with van der Waals surface area (Å²) < 4.78 is 7.19. The van der Waals surface area contributed by atoms with Crippen LogP contribution in [-0.4, -0.2) is 44.9 Å². The van der Waals surface area contributed by atoms with E-state index in [-0.39, 0.29) is 12.1 Å². The van der Waals surface area contributed by atoms with E-state index in [1.165, 1.54) is 74.2 Å². The first-order valence-electron chi connectivity index (χ1n) is 14.6. The standard InChI is InChI=1S/C18H29O3.C13H27.Sn/c1-3-5-7-9-13-17(19)14-10-11-15-18(20)21-16-12-8-6-4-2;1-4-7-10-13(11-8-5-2)12-9-6-3;/h4,6,8-9,12,17,19H,3,5,7,10-11,14-16H2,1-2H3;4-12H2,1-3H3;/b6-4+,12-8+,13-9?;;. The van der Waals surface area contributed by atoms with Crippen LogP contribution in [0.1, 0.15) is 137 Å². The van der Waals surface area contributed by atoms with E-state index in [1.807, 2.05) is 31.2 Å². The van der Waals surface area contributed by atoms with Gasteiger partial charge in [-0.2, -0.15) is 0 Å². The normalized spacial score (nSPS) is 13.7. The molecule has 1 N–H and O–H groups in total. The molecule has 0 aromatic carbocycles. The third-order valence-electron chi connectivity index (χ3n) is 6.61. The molecule has 0 rings (SSSR count). The van der Waals surface area contributed by atoms with Gasteiger partial charge in [0.25, 0.3) is 0 Å². The van der Waals surface area contributed by atoms with Crippen LogP contribution < -0.4 is 0 Å². The summed E-state index contributed by atoms with van der Waals surface area (Å²) in [6, 6.07) is 0. The van der Waals surface area contributed by atoms with Crippen molar-refractivity contribution < 1.29 is 14.6 Å². The van der Waals surface area contributed by atoms with Crippen molar-refractivity contribution in [2.45, 2.75) is 147 Å². The van der Waals surface area contributed by atoms with E-state index in [0.29, 0.717) is 16.5 Å². The van der Waals surface area contributed by atoms with E-state index in [9.17, 15) is 9.90 Å². The second-order valence-electron chi connectivity index (χ2n) is 9.92. The van der Waals surface area contributed by atoms with Gasteiger partial charge in [0.15, 0.2) is 0 Å². The molecule has 0 aliphatic heterocycles. The molecule has 3 nitrogen and oxygen atoms in total. The Morgan fingerprint density at radius 1 is 0.886 bits per heavy atom. The van der Waals surface area contributed by atoms with Crippen LogP contribution in [0.5, 0.6) is 0 Å². The number of esters is 1. The fourth-order valence-corrected chi connectivity index (χ4v) is 10.3. The van der Waals surface area contributed by atoms with Crippen molar-refractivity contribution in [3.63, 3.8) is 0 Å². The van der Waals surface area contributed by atoms with Gasteiger partial charge in [0.05, 0.1) is 0 Å². The Kier molecular flexibility index (Phi) is 23.4. The minimum absolute atomic E-state index is 0.141. The van der Waals surface area contributed by atoms with Gasteiger partial charge in [-0.05, 0) is 6.92 Å². The van der Waals surface area contributed by atoms with Crippen LogP contribution in [0, 0.1) is 0 Å². The molecule has 0 aliphatic rings. The zero-order chi connectivity index (χ0) is 26.2. The number of carbonyl (C=O) groups excluding carboxylic acids is 1. The van der Waals surface area contributed by atoms with E-state index >= 15 is 0 Å². The summed E-state index contributed by atoms with van der Waals surface area (Å²) in [7, 11) is 0. The molecule has 0 bridgehead atoms. The predicted octanol–water partition coefficient (Wildman–Crippen LogP) is 9.09. The number of rotatable bonds is 23. The SMILES string of the molecule is C/C=C/C=C/COC(=O)CCCCC(O)/[C](=C/CCCC)[Sn][C](CCCC)(CCCC)CCCC. The average Bonchev–Trinajstić information content (AvgIpc) is 2.86. The number of hydrogen-bond acceptors (Lipinski definition) is 3. The number of aliphatic hydroxyl groups is 1. The maximum atomic E-state index is 12.0. The quantitative estimate of drug-likeness (QED) is 0.0555. The molecule has 0 aromatic heterocycles. The minimum atomic E-state index is -0.926. The van der Waals surface area contributed by atoms with Crippen molar-refractivity contribution in [2.24, 2.45) is 0 Å². The summed E-state index contributed by atoms with van der Waals surface area (Å²) in [5.41, 5.74) is 0. The van der Waals surface area contributed by atoms with E-state index in [4.69, 9.17) is 4.74 Å². The summed E-state index contributed by atoms with van der Waals surface area (Å²) in [5.74, 6) is -0.141. The first kappa shape index (κ1) is 34.4. The van der Waals surface area contributed by atoms with Gasteiger partial charge in [-0.25, -0.2) is 0 Å². The summed E-state index contributed by atoms with van der Waals surface area (Å²) in [6.45, 7) is 11.5. The topological polar surface area (TPSA) is 46.5 Å². The number of unbranched alkanes of at least 4 members (excludes halogenated alkanes) is 6. The fraction of sp³-hybridized carbons (Fsp3) is 0.774. The van der Waals surface area contributed by atoms with Crippen LogP contribution in [0.4, 0.5) is 0 Å². The van der Waals surface area contributed by atoms with Crippen LogP contribution in [0.2, 0.25) is 3.43 Å². The Balaban J connectivity index is 5.08. The molecule has 0 saturated heterocycles. The van der Waals surface area contributed by atoms with Gasteiger partial charge in [-0.3, -0.25) is 0 Å². The molecule has 4 heteroatoms. The van der Waals surface area contributed by atoms with Crippen LogP contribution >= 0.6 is 0 Å². The van der Waals surface area contributed by atoms with E-state index in [1.54, 1.807) is 0 Å². The average molecular weight is 595 g/mol. The van der Waals surface area contributed by atoms with Crippen molar-refractivity contribution >= 4 is 27.1 Å². The molecule has 0 saturated carbocycles. The Morgan fingerprint density at radius 3 is 2.03 bits per heavy atom. The molecule has 0 aromatic rings. The van der Waals surface area contributed by atoms with Gasteiger partial charge in [-0.1, -0.05) is 6.08 Å². The van der Waals surface area contributed by atoms with E-state index < -0.39 is 21.1 Å². The third kappa shape index (κ3) is 18.4. The van der Waals surface area contributed by atoms with Crippen LogP contribution in [0.25, 0.3) is 0 Å². The summed E-state index contributed by atoms with van der Waals surface area (Å²) in [5, 5.41) is 11.3. The van der Waals surface area contributed by atoms with Gasteiger partial charge >= 0.3 is 216 Å². The van der Waals surface area contributed by atoms with Crippen molar-refractivity contribution in [1.29, 1.82) is 0 Å². The number of hydrogen-bond donors (Lipinski definition) is 1. The summed E-state index contributed by atoms with van der Waals surface area (Å²) in [4.78, 5) is 12.0. The van der Waals surface area contributed by atoms with E-state index in [0.717, 1.165) is 25.7 Å². The summed E-state index contributed by atoms with van der Waals surface area (Å²) >= 11 is -0.926. The Bertz CT molecular complexity index is 572. The number of aliphatic hydroxyl groups excluding tert-OH is 1. The third-order valence-corrected chi connectivity index (χ3v) is 12.6. The molecule has 2 radical (unpaired) electrons. The van der Waals surface area contributed by atoms with Gasteiger partial charge in [0.2, 0.25) is 0 Å². The van der Waals surface area contributed by atoms with Crippen molar-refractivity contribution in [3.05, 3.63) is 34.0 Å². The fourth-order valence-electron chi connectivity index (χ4n) is 4.37. The second-order valence-corrected chi connectivity index (χ2v) is 15.3. The van der Waals surface area contributed by atoms with Gasteiger partial charge < -0.3 is 0 Å². The first-order valence-corrected chi connectivity index (χ1v) is 17.4. The number of allylic oxidation sites excluding steroid dienone is 4. The molecule has 1 atom stereocenters. The van der Waals surface area contributed by atoms with Crippen LogP contribution in [-0.2, 0) is 9.53 Å². The Hall–Kier alpha value is -0.551. The predicted molar refractivity (Wildman–Crippen MR) is 154 cm³/mol. The molecular formula is C31H56O3Sn. The van der Waals surface area contributed by atoms with E-state index in [2.05, 4.69) is 33.8 Å². The number of ether oxygens (including phenoxy) is 1. The zero-order valence-corrected chi connectivity index (χ0v) is 26.6.